The predicted octanol–water partition coefficient (Wildman–Crippen LogP) is 6.05. The molecular weight excluding hydrogens is 528 g/mol. The van der Waals surface area contributed by atoms with Gasteiger partial charge in [-0.25, -0.2) is 9.78 Å². The highest BCUT2D eigenvalue weighted by molar-refractivity contribution is 5.80. The van der Waals surface area contributed by atoms with Crippen LogP contribution in [0.1, 0.15) is 88.6 Å². The van der Waals surface area contributed by atoms with Gasteiger partial charge >= 0.3 is 5.97 Å². The molecule has 0 bridgehead atoms. The van der Waals surface area contributed by atoms with Crippen molar-refractivity contribution in [1.29, 1.82) is 0 Å². The molecule has 2 aromatic heterocycles. The molecule has 1 aliphatic carbocycles. The number of tetrazole rings is 1. The summed E-state index contributed by atoms with van der Waals surface area (Å²) in [6.45, 7) is 7.24. The van der Waals surface area contributed by atoms with Gasteiger partial charge < -0.3 is 5.11 Å². The molecule has 1 aliphatic heterocycles. The molecule has 9 heteroatoms. The van der Waals surface area contributed by atoms with E-state index in [4.69, 9.17) is 0 Å². The number of fused-ring (bicyclic) bond motifs is 1. The largest absolute Gasteiger partial charge is 0.481 e. The van der Waals surface area contributed by atoms with E-state index >= 15 is 0 Å². The Labute approximate surface area is 246 Å². The van der Waals surface area contributed by atoms with Crippen molar-refractivity contribution in [2.75, 3.05) is 0 Å². The van der Waals surface area contributed by atoms with Gasteiger partial charge in [-0.15, -0.1) is 5.10 Å². The minimum Gasteiger partial charge on any atom is -0.481 e. The molecule has 0 spiro atoms. The first-order valence-electron chi connectivity index (χ1n) is 15.2. The third-order valence-electron chi connectivity index (χ3n) is 9.74. The number of nitrogens with one attached hydrogen (secondary N) is 1. The van der Waals surface area contributed by atoms with E-state index in [9.17, 15) is 14.7 Å². The first-order valence-corrected chi connectivity index (χ1v) is 15.2. The molecule has 3 heterocycles. The van der Waals surface area contributed by atoms with E-state index in [-0.39, 0.29) is 17.0 Å². The Balaban J connectivity index is 1.36. The fourth-order valence-electron chi connectivity index (χ4n) is 7.26. The van der Waals surface area contributed by atoms with Gasteiger partial charge in [0.05, 0.1) is 11.5 Å². The van der Waals surface area contributed by atoms with Crippen LogP contribution in [0.5, 0.6) is 0 Å². The summed E-state index contributed by atoms with van der Waals surface area (Å²) in [5.41, 5.74) is 5.21. The Hall–Kier alpha value is -4.01. The van der Waals surface area contributed by atoms with E-state index in [0.29, 0.717) is 31.6 Å². The van der Waals surface area contributed by atoms with Gasteiger partial charge in [-0.1, -0.05) is 75.7 Å². The lowest BCUT2D eigenvalue weighted by Crippen LogP contribution is -2.48. The summed E-state index contributed by atoms with van der Waals surface area (Å²) in [5.74, 6) is -0.0971. The van der Waals surface area contributed by atoms with Crippen LogP contribution in [0.25, 0.3) is 22.5 Å². The molecule has 9 nitrogen and oxygen atoms in total. The number of H-pyrrole nitrogens is 1. The standard InChI is InChI=1S/C33H40N6O3/c1-4-8-27-26(21-22-12-14-23(15-13-22)24-9-5-6-10-25(24)29-34-36-37-35-29)30(40)38-20-7-11-28(39(27)38)33(31(41)42)18-16-32(2,3)17-19-33/h5-6,9-10,12-15,28H,4,7-8,11,16-21H2,1-3H3,(H,41,42)(H,34,35,36,37). The quantitative estimate of drug-likeness (QED) is 0.267. The van der Waals surface area contributed by atoms with Crippen molar-refractivity contribution in [2.24, 2.45) is 10.8 Å². The van der Waals surface area contributed by atoms with Crippen LogP contribution in [0.2, 0.25) is 0 Å². The minimum atomic E-state index is -0.836. The van der Waals surface area contributed by atoms with Crippen LogP contribution >= 0.6 is 0 Å². The summed E-state index contributed by atoms with van der Waals surface area (Å²) in [4.78, 5) is 26.9. The lowest BCUT2D eigenvalue weighted by molar-refractivity contribution is -0.158. The molecule has 1 atom stereocenters. The Bertz CT molecular complexity index is 1620. The lowest BCUT2D eigenvalue weighted by Gasteiger charge is -2.47. The normalized spacial score (nSPS) is 19.4. The highest BCUT2D eigenvalue weighted by Gasteiger charge is 2.52. The molecule has 2 aromatic carbocycles. The molecule has 4 aromatic rings. The van der Waals surface area contributed by atoms with Crippen LogP contribution in [-0.4, -0.2) is 41.1 Å². The number of hydrogen-bond donors (Lipinski definition) is 2. The third-order valence-corrected chi connectivity index (χ3v) is 9.74. The van der Waals surface area contributed by atoms with Crippen LogP contribution < -0.4 is 5.56 Å². The number of hydrogen-bond acceptors (Lipinski definition) is 5. The van der Waals surface area contributed by atoms with Crippen molar-refractivity contribution in [3.8, 4) is 22.5 Å². The molecular formula is C33H40N6O3. The van der Waals surface area contributed by atoms with Crippen molar-refractivity contribution in [3.05, 3.63) is 75.7 Å². The van der Waals surface area contributed by atoms with Crippen molar-refractivity contribution in [2.45, 2.75) is 91.1 Å². The monoisotopic (exact) mass is 568 g/mol. The minimum absolute atomic E-state index is 0.0343. The molecule has 6 rings (SSSR count). The second kappa shape index (κ2) is 11.0. The number of carboxylic acids is 1. The zero-order valence-corrected chi connectivity index (χ0v) is 24.8. The summed E-state index contributed by atoms with van der Waals surface area (Å²) in [7, 11) is 0. The van der Waals surface area contributed by atoms with Gasteiger partial charge in [0.2, 0.25) is 0 Å². The number of benzene rings is 2. The van der Waals surface area contributed by atoms with Gasteiger partial charge in [0, 0.05) is 29.8 Å². The summed E-state index contributed by atoms with van der Waals surface area (Å²) >= 11 is 0. The molecule has 220 valence electrons. The predicted molar refractivity (Wildman–Crippen MR) is 161 cm³/mol. The van der Waals surface area contributed by atoms with E-state index in [0.717, 1.165) is 72.0 Å². The fourth-order valence-corrected chi connectivity index (χ4v) is 7.26. The topological polar surface area (TPSA) is 119 Å². The molecule has 0 radical (unpaired) electrons. The van der Waals surface area contributed by atoms with Gasteiger partial charge in [0.15, 0.2) is 5.82 Å². The second-order valence-electron chi connectivity index (χ2n) is 12.9. The van der Waals surface area contributed by atoms with Crippen LogP contribution in [0.3, 0.4) is 0 Å². The number of aromatic amines is 1. The van der Waals surface area contributed by atoms with Crippen LogP contribution in [0.15, 0.2) is 53.3 Å². The maximum Gasteiger partial charge on any atom is 0.311 e. The van der Waals surface area contributed by atoms with Gasteiger partial charge in [-0.3, -0.25) is 14.3 Å². The molecule has 0 amide bonds. The molecule has 1 unspecified atom stereocenters. The molecule has 0 saturated heterocycles. The first kappa shape index (κ1) is 28.1. The SMILES string of the molecule is CCCc1c(Cc2ccc(-c3ccccc3-c3nnn[nH]3)cc2)c(=O)n2n1C(C1(C(=O)O)CCC(C)(C)CC1)CCC2. The lowest BCUT2D eigenvalue weighted by atomic mass is 9.61. The number of carbonyl (C=O) groups is 1. The highest BCUT2D eigenvalue weighted by atomic mass is 16.4. The summed E-state index contributed by atoms with van der Waals surface area (Å²) < 4.78 is 4.02. The Morgan fingerprint density at radius 1 is 1.05 bits per heavy atom. The number of aromatic nitrogens is 6. The Morgan fingerprint density at radius 3 is 2.40 bits per heavy atom. The molecule has 1 fully saturated rings. The second-order valence-corrected chi connectivity index (χ2v) is 12.9. The van der Waals surface area contributed by atoms with Crippen LogP contribution in [0, 0.1) is 10.8 Å². The van der Waals surface area contributed by atoms with E-state index in [1.807, 2.05) is 28.9 Å². The highest BCUT2D eigenvalue weighted by Crippen LogP contribution is 2.53. The van der Waals surface area contributed by atoms with Gasteiger partial charge in [0.1, 0.15) is 0 Å². The smallest absolute Gasteiger partial charge is 0.311 e. The van der Waals surface area contributed by atoms with Crippen LogP contribution in [0.4, 0.5) is 0 Å². The van der Waals surface area contributed by atoms with E-state index in [1.165, 1.54) is 0 Å². The van der Waals surface area contributed by atoms with Crippen molar-refractivity contribution in [3.63, 3.8) is 0 Å². The summed E-state index contributed by atoms with van der Waals surface area (Å²) in [6.07, 6.45) is 6.88. The number of rotatable bonds is 8. The average Bonchev–Trinajstić information content (AvgIpc) is 3.62. The van der Waals surface area contributed by atoms with Gasteiger partial charge in [-0.2, -0.15) is 0 Å². The van der Waals surface area contributed by atoms with E-state index in [1.54, 1.807) is 0 Å². The van der Waals surface area contributed by atoms with Crippen LogP contribution in [-0.2, 0) is 24.2 Å². The summed E-state index contributed by atoms with van der Waals surface area (Å²) in [5, 5.41) is 25.0. The molecule has 42 heavy (non-hydrogen) atoms. The number of nitrogens with zero attached hydrogens (tertiary/aromatic N) is 5. The maximum atomic E-state index is 14.0. The van der Waals surface area contributed by atoms with Crippen molar-refractivity contribution >= 4 is 5.97 Å². The molecule has 2 N–H and O–H groups in total. The van der Waals surface area contributed by atoms with E-state index in [2.05, 4.69) is 70.3 Å². The third kappa shape index (κ3) is 4.88. The Kier molecular flexibility index (Phi) is 7.37. The Morgan fingerprint density at radius 2 is 1.76 bits per heavy atom. The maximum absolute atomic E-state index is 14.0. The van der Waals surface area contributed by atoms with Gasteiger partial charge in [-0.05, 0) is 77.5 Å². The number of carboxylic acid groups (broad SMARTS) is 1. The fraction of sp³-hybridized carbons (Fsp3) is 0.485. The van der Waals surface area contributed by atoms with Crippen molar-refractivity contribution < 1.29 is 9.90 Å². The molecule has 1 saturated carbocycles. The molecule has 2 aliphatic rings. The zero-order valence-electron chi connectivity index (χ0n) is 24.8. The average molecular weight is 569 g/mol. The zero-order chi connectivity index (χ0) is 29.5. The number of aliphatic carboxylic acids is 1. The van der Waals surface area contributed by atoms with Crippen molar-refractivity contribution in [1.82, 2.24) is 30.0 Å². The van der Waals surface area contributed by atoms with E-state index < -0.39 is 11.4 Å². The first-order chi connectivity index (χ1) is 20.2. The van der Waals surface area contributed by atoms with Gasteiger partial charge in [0.25, 0.3) is 5.56 Å². The summed E-state index contributed by atoms with van der Waals surface area (Å²) in [6, 6.07) is 16.1.